The molecule has 1 aromatic rings. The average molecular weight is 211 g/mol. The molecule has 0 aromatic carbocycles. The highest BCUT2D eigenvalue weighted by atomic mass is 32.1. The molecule has 0 aliphatic carbocycles. The molecule has 0 spiro atoms. The summed E-state index contributed by atoms with van der Waals surface area (Å²) in [5.74, 6) is 0. The zero-order valence-electron chi connectivity index (χ0n) is 9.25. The van der Waals surface area contributed by atoms with Crippen LogP contribution in [0.25, 0.3) is 0 Å². The largest absolute Gasteiger partial charge is 0.325 e. The summed E-state index contributed by atoms with van der Waals surface area (Å²) in [6.45, 7) is 4.42. The predicted octanol–water partition coefficient (Wildman–Crippen LogP) is 3.59. The third-order valence-corrected chi connectivity index (χ3v) is 3.60. The van der Waals surface area contributed by atoms with Gasteiger partial charge in [-0.25, -0.2) is 0 Å². The van der Waals surface area contributed by atoms with Gasteiger partial charge in [-0.15, -0.1) is 0 Å². The van der Waals surface area contributed by atoms with Crippen LogP contribution >= 0.6 is 11.3 Å². The first-order chi connectivity index (χ1) is 6.70. The van der Waals surface area contributed by atoms with Gasteiger partial charge in [-0.1, -0.05) is 26.7 Å². The van der Waals surface area contributed by atoms with E-state index in [2.05, 4.69) is 30.7 Å². The standard InChI is InChI=1S/C12H21NS/c1-3-5-7-12(13,4-2)9-11-6-8-14-10-11/h6,8,10H,3-5,7,9,13H2,1-2H3. The summed E-state index contributed by atoms with van der Waals surface area (Å²) >= 11 is 1.76. The van der Waals surface area contributed by atoms with Crippen molar-refractivity contribution in [3.05, 3.63) is 22.4 Å². The lowest BCUT2D eigenvalue weighted by molar-refractivity contribution is 0.365. The van der Waals surface area contributed by atoms with E-state index in [0.29, 0.717) is 0 Å². The first kappa shape index (κ1) is 11.7. The van der Waals surface area contributed by atoms with E-state index in [9.17, 15) is 0 Å². The van der Waals surface area contributed by atoms with Crippen molar-refractivity contribution in [1.82, 2.24) is 0 Å². The smallest absolute Gasteiger partial charge is 0.0192 e. The highest BCUT2D eigenvalue weighted by molar-refractivity contribution is 7.07. The number of rotatable bonds is 6. The summed E-state index contributed by atoms with van der Waals surface area (Å²) in [4.78, 5) is 0. The Morgan fingerprint density at radius 2 is 2.21 bits per heavy atom. The Kier molecular flexibility index (Phi) is 4.63. The number of hydrogen-bond acceptors (Lipinski definition) is 2. The highest BCUT2D eigenvalue weighted by Gasteiger charge is 2.22. The van der Waals surface area contributed by atoms with Crippen molar-refractivity contribution in [1.29, 1.82) is 0 Å². The van der Waals surface area contributed by atoms with E-state index in [1.165, 1.54) is 18.4 Å². The van der Waals surface area contributed by atoms with Crippen molar-refractivity contribution in [2.45, 2.75) is 51.5 Å². The minimum atomic E-state index is 0.0249. The van der Waals surface area contributed by atoms with Crippen molar-refractivity contribution >= 4 is 11.3 Å². The van der Waals surface area contributed by atoms with E-state index in [-0.39, 0.29) is 5.54 Å². The van der Waals surface area contributed by atoms with Gasteiger partial charge >= 0.3 is 0 Å². The van der Waals surface area contributed by atoms with E-state index >= 15 is 0 Å². The molecule has 1 aromatic heterocycles. The Bertz CT molecular complexity index is 243. The second kappa shape index (κ2) is 5.52. The van der Waals surface area contributed by atoms with Crippen molar-refractivity contribution in [3.63, 3.8) is 0 Å². The van der Waals surface area contributed by atoms with Crippen LogP contribution < -0.4 is 5.73 Å². The van der Waals surface area contributed by atoms with Crippen LogP contribution in [0.1, 0.15) is 45.1 Å². The van der Waals surface area contributed by atoms with Crippen molar-refractivity contribution in [2.75, 3.05) is 0 Å². The molecule has 0 saturated carbocycles. The normalized spacial score (nSPS) is 15.4. The summed E-state index contributed by atoms with van der Waals surface area (Å²) in [7, 11) is 0. The first-order valence-electron chi connectivity index (χ1n) is 5.50. The fraction of sp³-hybridized carbons (Fsp3) is 0.667. The van der Waals surface area contributed by atoms with Crippen LogP contribution in [0.4, 0.5) is 0 Å². The molecule has 0 bridgehead atoms. The van der Waals surface area contributed by atoms with Crippen LogP contribution in [0, 0.1) is 0 Å². The van der Waals surface area contributed by atoms with E-state index in [0.717, 1.165) is 19.3 Å². The van der Waals surface area contributed by atoms with Crippen molar-refractivity contribution < 1.29 is 0 Å². The van der Waals surface area contributed by atoms with E-state index < -0.39 is 0 Å². The summed E-state index contributed by atoms with van der Waals surface area (Å²) in [5.41, 5.74) is 7.80. The molecule has 0 aliphatic heterocycles. The van der Waals surface area contributed by atoms with E-state index in [1.807, 2.05) is 0 Å². The van der Waals surface area contributed by atoms with Gasteiger partial charge < -0.3 is 5.73 Å². The van der Waals surface area contributed by atoms with Crippen molar-refractivity contribution in [2.24, 2.45) is 5.73 Å². The van der Waals surface area contributed by atoms with Gasteiger partial charge in [0.2, 0.25) is 0 Å². The molecular formula is C12H21NS. The third-order valence-electron chi connectivity index (χ3n) is 2.87. The number of thiophene rings is 1. The number of unbranched alkanes of at least 4 members (excludes halogenated alkanes) is 1. The van der Waals surface area contributed by atoms with Crippen molar-refractivity contribution in [3.8, 4) is 0 Å². The Morgan fingerprint density at radius 1 is 1.43 bits per heavy atom. The van der Waals surface area contributed by atoms with Crippen LogP contribution in [0.3, 0.4) is 0 Å². The van der Waals surface area contributed by atoms with Gasteiger partial charge in [0.1, 0.15) is 0 Å². The molecule has 1 heterocycles. The molecule has 1 atom stereocenters. The lowest BCUT2D eigenvalue weighted by atomic mass is 9.85. The molecule has 2 N–H and O–H groups in total. The molecule has 14 heavy (non-hydrogen) atoms. The molecule has 0 radical (unpaired) electrons. The van der Waals surface area contributed by atoms with Crippen LogP contribution in [0.5, 0.6) is 0 Å². The monoisotopic (exact) mass is 211 g/mol. The molecule has 1 unspecified atom stereocenters. The molecule has 0 fully saturated rings. The maximum absolute atomic E-state index is 6.38. The van der Waals surface area contributed by atoms with Gasteiger partial charge in [-0.05, 0) is 41.7 Å². The lowest BCUT2D eigenvalue weighted by Gasteiger charge is -2.27. The highest BCUT2D eigenvalue weighted by Crippen LogP contribution is 2.22. The fourth-order valence-electron chi connectivity index (χ4n) is 1.72. The second-order valence-corrected chi connectivity index (χ2v) is 4.91. The summed E-state index contributed by atoms with van der Waals surface area (Å²) in [5, 5.41) is 4.34. The van der Waals surface area contributed by atoms with E-state index in [4.69, 9.17) is 5.73 Å². The van der Waals surface area contributed by atoms with Crippen LogP contribution in [0.2, 0.25) is 0 Å². The molecule has 0 saturated heterocycles. The fourth-order valence-corrected chi connectivity index (χ4v) is 2.39. The average Bonchev–Trinajstić information content (AvgIpc) is 2.67. The second-order valence-electron chi connectivity index (χ2n) is 4.13. The van der Waals surface area contributed by atoms with Gasteiger partial charge in [-0.2, -0.15) is 11.3 Å². The quantitative estimate of drug-likeness (QED) is 0.764. The first-order valence-corrected chi connectivity index (χ1v) is 6.44. The zero-order chi connectivity index (χ0) is 10.4. The minimum absolute atomic E-state index is 0.0249. The summed E-state index contributed by atoms with van der Waals surface area (Å²) < 4.78 is 0. The Labute approximate surface area is 91.3 Å². The summed E-state index contributed by atoms with van der Waals surface area (Å²) in [6.07, 6.45) is 5.74. The Morgan fingerprint density at radius 3 is 2.71 bits per heavy atom. The molecule has 2 heteroatoms. The maximum atomic E-state index is 6.38. The zero-order valence-corrected chi connectivity index (χ0v) is 10.1. The van der Waals surface area contributed by atoms with Crippen LogP contribution in [-0.4, -0.2) is 5.54 Å². The van der Waals surface area contributed by atoms with Gasteiger partial charge in [0, 0.05) is 5.54 Å². The lowest BCUT2D eigenvalue weighted by Crippen LogP contribution is -2.41. The SMILES string of the molecule is CCCCC(N)(CC)Cc1ccsc1. The van der Waals surface area contributed by atoms with Crippen LogP contribution in [0.15, 0.2) is 16.8 Å². The molecule has 1 rings (SSSR count). The van der Waals surface area contributed by atoms with E-state index in [1.54, 1.807) is 11.3 Å². The number of hydrogen-bond donors (Lipinski definition) is 1. The van der Waals surface area contributed by atoms with Gasteiger partial charge in [0.25, 0.3) is 0 Å². The maximum Gasteiger partial charge on any atom is 0.0192 e. The topological polar surface area (TPSA) is 26.0 Å². The third kappa shape index (κ3) is 3.43. The number of nitrogens with two attached hydrogens (primary N) is 1. The Hall–Kier alpha value is -0.340. The molecule has 80 valence electrons. The minimum Gasteiger partial charge on any atom is -0.325 e. The van der Waals surface area contributed by atoms with Gasteiger partial charge in [0.05, 0.1) is 0 Å². The molecular weight excluding hydrogens is 190 g/mol. The predicted molar refractivity (Wildman–Crippen MR) is 64.8 cm³/mol. The molecule has 0 aliphatic rings. The summed E-state index contributed by atoms with van der Waals surface area (Å²) in [6, 6.07) is 2.19. The van der Waals surface area contributed by atoms with Crippen LogP contribution in [-0.2, 0) is 6.42 Å². The van der Waals surface area contributed by atoms with Gasteiger partial charge in [0.15, 0.2) is 0 Å². The molecule has 0 amide bonds. The van der Waals surface area contributed by atoms with Gasteiger partial charge in [-0.3, -0.25) is 0 Å². The molecule has 1 nitrogen and oxygen atoms in total. The Balaban J connectivity index is 2.52.